The molecule has 2 heterocycles. The summed E-state index contributed by atoms with van der Waals surface area (Å²) in [4.78, 5) is 2.23. The molecule has 0 saturated carbocycles. The molecule has 0 amide bonds. The van der Waals surface area contributed by atoms with Crippen LogP contribution in [0.15, 0.2) is 0 Å². The van der Waals surface area contributed by atoms with Gasteiger partial charge in [-0.05, 0) is 18.0 Å². The zero-order valence-electron chi connectivity index (χ0n) is 6.91. The van der Waals surface area contributed by atoms with E-state index in [1.807, 2.05) is 0 Å². The Bertz CT molecular complexity index is 282. The summed E-state index contributed by atoms with van der Waals surface area (Å²) in [5, 5.41) is 1.07. The first kappa shape index (κ1) is 7.67. The molecule has 0 aliphatic carbocycles. The molecule has 66 valence electrons. The van der Waals surface area contributed by atoms with E-state index in [1.54, 1.807) is 7.11 Å². The van der Waals surface area contributed by atoms with Gasteiger partial charge in [0, 0.05) is 13.1 Å². The molecule has 1 saturated heterocycles. The van der Waals surface area contributed by atoms with Gasteiger partial charge in [0.05, 0.1) is 7.11 Å². The summed E-state index contributed by atoms with van der Waals surface area (Å²) in [6.45, 7) is 2.19. The van der Waals surface area contributed by atoms with E-state index < -0.39 is 0 Å². The zero-order chi connectivity index (χ0) is 8.55. The Labute approximate surface area is 75.1 Å². The van der Waals surface area contributed by atoms with Crippen molar-refractivity contribution >= 4 is 22.4 Å². The third kappa shape index (κ3) is 1.01. The quantitative estimate of drug-likeness (QED) is 0.745. The maximum absolute atomic E-state index is 5.62. The summed E-state index contributed by atoms with van der Waals surface area (Å²) in [5.74, 6) is 1.24. The highest BCUT2D eigenvalue weighted by Gasteiger charge is 2.22. The minimum atomic E-state index is 0.504. The van der Waals surface area contributed by atoms with Gasteiger partial charge in [-0.3, -0.25) is 0 Å². The lowest BCUT2D eigenvalue weighted by atomic mass is 10.2. The van der Waals surface area contributed by atoms with Gasteiger partial charge < -0.3 is 15.4 Å². The van der Waals surface area contributed by atoms with Gasteiger partial charge in [-0.2, -0.15) is 4.37 Å². The Balaban J connectivity index is 2.29. The third-order valence-electron chi connectivity index (χ3n) is 2.00. The molecule has 1 aliphatic rings. The van der Waals surface area contributed by atoms with Crippen molar-refractivity contribution in [2.24, 2.45) is 0 Å². The predicted octanol–water partition coefficient (Wildman–Crippen LogP) is 0.944. The van der Waals surface area contributed by atoms with Crippen LogP contribution in [-0.2, 0) is 0 Å². The van der Waals surface area contributed by atoms with Crippen LogP contribution in [0.4, 0.5) is 10.8 Å². The second kappa shape index (κ2) is 2.82. The van der Waals surface area contributed by atoms with Gasteiger partial charge in [0.1, 0.15) is 0 Å². The number of ether oxygens (including phenoxy) is 1. The van der Waals surface area contributed by atoms with Gasteiger partial charge in [-0.25, -0.2) is 0 Å². The summed E-state index contributed by atoms with van der Waals surface area (Å²) in [6.07, 6.45) is 1.25. The van der Waals surface area contributed by atoms with E-state index in [0.29, 0.717) is 5.82 Å². The van der Waals surface area contributed by atoms with E-state index in [9.17, 15) is 0 Å². The zero-order valence-corrected chi connectivity index (χ0v) is 7.73. The van der Waals surface area contributed by atoms with Crippen LogP contribution in [0.3, 0.4) is 0 Å². The van der Waals surface area contributed by atoms with E-state index in [1.165, 1.54) is 18.0 Å². The van der Waals surface area contributed by atoms with Crippen molar-refractivity contribution in [1.82, 2.24) is 4.37 Å². The normalized spacial score (nSPS) is 15.9. The molecule has 1 aromatic rings. The second-order valence-corrected chi connectivity index (χ2v) is 3.50. The second-order valence-electron chi connectivity index (χ2n) is 2.75. The first-order valence-corrected chi connectivity index (χ1v) is 4.64. The number of nitrogens with two attached hydrogens (primary N) is 1. The average Bonchev–Trinajstić information content (AvgIpc) is 2.29. The van der Waals surface area contributed by atoms with Crippen molar-refractivity contribution in [3.63, 3.8) is 0 Å². The number of anilines is 2. The highest BCUT2D eigenvalue weighted by Crippen LogP contribution is 2.39. The van der Waals surface area contributed by atoms with E-state index in [2.05, 4.69) is 9.27 Å². The van der Waals surface area contributed by atoms with Crippen LogP contribution in [0.5, 0.6) is 5.75 Å². The minimum Gasteiger partial charge on any atom is -0.490 e. The van der Waals surface area contributed by atoms with Gasteiger partial charge >= 0.3 is 0 Å². The largest absolute Gasteiger partial charge is 0.490 e. The molecule has 0 aromatic carbocycles. The molecule has 1 aliphatic heterocycles. The van der Waals surface area contributed by atoms with Gasteiger partial charge in [0.2, 0.25) is 0 Å². The summed E-state index contributed by atoms with van der Waals surface area (Å²) < 4.78 is 9.20. The molecule has 1 aromatic heterocycles. The lowest BCUT2D eigenvalue weighted by molar-refractivity contribution is 0.415. The Hall–Kier alpha value is -0.970. The van der Waals surface area contributed by atoms with Crippen LogP contribution in [0.25, 0.3) is 0 Å². The SMILES string of the molecule is COc1c(N)nsc1N1CCC1. The number of hydrogen-bond acceptors (Lipinski definition) is 5. The Morgan fingerprint density at radius 1 is 1.58 bits per heavy atom. The molecule has 0 radical (unpaired) electrons. The van der Waals surface area contributed by atoms with E-state index >= 15 is 0 Å². The van der Waals surface area contributed by atoms with Crippen molar-refractivity contribution in [3.8, 4) is 5.75 Å². The highest BCUT2D eigenvalue weighted by atomic mass is 32.1. The van der Waals surface area contributed by atoms with Crippen molar-refractivity contribution < 1.29 is 4.74 Å². The molecule has 4 nitrogen and oxygen atoms in total. The number of aromatic nitrogens is 1. The first-order chi connectivity index (χ1) is 5.83. The molecule has 2 rings (SSSR count). The Kier molecular flexibility index (Phi) is 1.80. The van der Waals surface area contributed by atoms with Crippen LogP contribution in [0.1, 0.15) is 6.42 Å². The fraction of sp³-hybridized carbons (Fsp3) is 0.571. The standard InChI is InChI=1S/C7H11N3OS/c1-11-5-6(8)9-12-7(5)10-3-2-4-10/h2-4H2,1H3,(H2,8,9). The molecule has 0 spiro atoms. The van der Waals surface area contributed by atoms with Gasteiger partial charge in [-0.1, -0.05) is 0 Å². The van der Waals surface area contributed by atoms with Crippen molar-refractivity contribution in [1.29, 1.82) is 0 Å². The van der Waals surface area contributed by atoms with E-state index in [0.717, 1.165) is 23.8 Å². The van der Waals surface area contributed by atoms with Gasteiger partial charge in [-0.15, -0.1) is 0 Å². The number of nitrogen functional groups attached to an aromatic ring is 1. The molecule has 2 N–H and O–H groups in total. The topological polar surface area (TPSA) is 51.4 Å². The van der Waals surface area contributed by atoms with Crippen molar-refractivity contribution in [3.05, 3.63) is 0 Å². The molecule has 0 unspecified atom stereocenters. The maximum atomic E-state index is 5.62. The monoisotopic (exact) mass is 185 g/mol. The Morgan fingerprint density at radius 2 is 2.33 bits per heavy atom. The number of methoxy groups -OCH3 is 1. The van der Waals surface area contributed by atoms with Gasteiger partial charge in [0.25, 0.3) is 0 Å². The Morgan fingerprint density at radius 3 is 2.83 bits per heavy atom. The molecule has 0 atom stereocenters. The summed E-state index contributed by atoms with van der Waals surface area (Å²) in [7, 11) is 1.63. The summed E-state index contributed by atoms with van der Waals surface area (Å²) >= 11 is 1.41. The fourth-order valence-electron chi connectivity index (χ4n) is 1.20. The molecular weight excluding hydrogens is 174 g/mol. The number of hydrogen-bond donors (Lipinski definition) is 1. The molecule has 0 bridgehead atoms. The van der Waals surface area contributed by atoms with Crippen LogP contribution in [0.2, 0.25) is 0 Å². The van der Waals surface area contributed by atoms with Crippen molar-refractivity contribution in [2.75, 3.05) is 30.8 Å². The van der Waals surface area contributed by atoms with Crippen LogP contribution in [-0.4, -0.2) is 24.6 Å². The van der Waals surface area contributed by atoms with Crippen molar-refractivity contribution in [2.45, 2.75) is 6.42 Å². The lowest BCUT2D eigenvalue weighted by Gasteiger charge is -2.31. The fourth-order valence-corrected chi connectivity index (χ4v) is 2.03. The summed E-state index contributed by atoms with van der Waals surface area (Å²) in [6, 6.07) is 0. The van der Waals surface area contributed by atoms with E-state index in [-0.39, 0.29) is 0 Å². The van der Waals surface area contributed by atoms with Crippen LogP contribution >= 0.6 is 11.5 Å². The molecule has 1 fully saturated rings. The van der Waals surface area contributed by atoms with Crippen LogP contribution < -0.4 is 15.4 Å². The molecule has 12 heavy (non-hydrogen) atoms. The minimum absolute atomic E-state index is 0.504. The summed E-state index contributed by atoms with van der Waals surface area (Å²) in [5.41, 5.74) is 5.62. The maximum Gasteiger partial charge on any atom is 0.197 e. The lowest BCUT2D eigenvalue weighted by Crippen LogP contribution is -2.36. The van der Waals surface area contributed by atoms with Crippen LogP contribution in [0, 0.1) is 0 Å². The smallest absolute Gasteiger partial charge is 0.197 e. The molecule has 5 heteroatoms. The number of rotatable bonds is 2. The third-order valence-corrected chi connectivity index (χ3v) is 2.91. The first-order valence-electron chi connectivity index (χ1n) is 3.87. The van der Waals surface area contributed by atoms with Gasteiger partial charge in [0.15, 0.2) is 16.6 Å². The highest BCUT2D eigenvalue weighted by molar-refractivity contribution is 7.11. The predicted molar refractivity (Wildman–Crippen MR) is 49.9 cm³/mol. The van der Waals surface area contributed by atoms with E-state index in [4.69, 9.17) is 10.5 Å². The number of nitrogens with zero attached hydrogens (tertiary/aromatic N) is 2. The average molecular weight is 185 g/mol. The molecular formula is C7H11N3OS.